The Morgan fingerprint density at radius 2 is 1.89 bits per heavy atom. The number of cyclic esters (lactones) is 1. The van der Waals surface area contributed by atoms with E-state index in [0.717, 1.165) is 10.5 Å². The van der Waals surface area contributed by atoms with Gasteiger partial charge in [-0.1, -0.05) is 37.3 Å². The number of benzene rings is 1. The Hall–Kier alpha value is -2.15. The second kappa shape index (κ2) is 13.4. The number of hydrogen-bond acceptors (Lipinski definition) is 9. The molecule has 0 unspecified atom stereocenters. The minimum absolute atomic E-state index is 0.0574. The molecule has 36 heavy (non-hydrogen) atoms. The number of imide groups is 1. The van der Waals surface area contributed by atoms with Crippen molar-refractivity contribution in [2.24, 2.45) is 5.92 Å². The fraction of sp³-hybridized carbons (Fsp3) is 0.560. The molecule has 1 fully saturated rings. The van der Waals surface area contributed by atoms with E-state index in [-0.39, 0.29) is 30.7 Å². The molecule has 2 amide bonds. The third kappa shape index (κ3) is 7.21. The summed E-state index contributed by atoms with van der Waals surface area (Å²) in [5.74, 6) is -3.95. The summed E-state index contributed by atoms with van der Waals surface area (Å²) in [6.45, 7) is 2.72. The van der Waals surface area contributed by atoms with Crippen LogP contribution in [0.3, 0.4) is 0 Å². The minimum Gasteiger partial charge on any atom is -0.447 e. The summed E-state index contributed by atoms with van der Waals surface area (Å²) >= 11 is 3.21. The minimum atomic E-state index is -1.82. The standard InChI is InChI=1S/C25H32BrNO9/c1-17(23(30)27-19(16-35-24(27)31)14-18-6-3-2-4-7-18)22-20(29)15-21(26)25(32,36-22)8-5-10-33-12-13-34-11-9-28/h2-4,6-7,15,17,19,22,28,32H,5,8-14,16H2,1H3/t17-,19-,22-,25+/m0/s1. The van der Waals surface area contributed by atoms with Gasteiger partial charge in [-0.15, -0.1) is 0 Å². The summed E-state index contributed by atoms with van der Waals surface area (Å²) in [5, 5.41) is 19.8. The van der Waals surface area contributed by atoms with Gasteiger partial charge in [0, 0.05) is 13.0 Å². The first kappa shape index (κ1) is 28.4. The molecule has 11 heteroatoms. The fourth-order valence-electron chi connectivity index (χ4n) is 4.09. The molecule has 2 aliphatic heterocycles. The van der Waals surface area contributed by atoms with Crippen molar-refractivity contribution in [3.63, 3.8) is 0 Å². The zero-order chi connectivity index (χ0) is 26.1. The number of halogens is 1. The van der Waals surface area contributed by atoms with E-state index in [9.17, 15) is 19.5 Å². The summed E-state index contributed by atoms with van der Waals surface area (Å²) < 4.78 is 21.6. The van der Waals surface area contributed by atoms with Gasteiger partial charge in [0.15, 0.2) is 11.6 Å². The van der Waals surface area contributed by atoms with Gasteiger partial charge in [-0.05, 0) is 40.4 Å². The molecule has 0 radical (unpaired) electrons. The van der Waals surface area contributed by atoms with Crippen LogP contribution in [-0.4, -0.2) is 90.5 Å². The number of rotatable bonds is 13. The lowest BCUT2D eigenvalue weighted by Gasteiger charge is -2.37. The Bertz CT molecular complexity index is 941. The number of carbonyl (C=O) groups excluding carboxylic acids is 3. The van der Waals surface area contributed by atoms with Crippen molar-refractivity contribution >= 4 is 33.7 Å². The first-order valence-electron chi connectivity index (χ1n) is 11.9. The molecule has 10 nitrogen and oxygen atoms in total. The molecule has 0 aromatic heterocycles. The van der Waals surface area contributed by atoms with Crippen LogP contribution in [-0.2, 0) is 35.0 Å². The number of nitrogens with zero attached hydrogens (tertiary/aromatic N) is 1. The number of aliphatic hydroxyl groups is 2. The Labute approximate surface area is 218 Å². The Kier molecular flexibility index (Phi) is 10.6. The summed E-state index contributed by atoms with van der Waals surface area (Å²) in [6.07, 6.45) is 0.107. The van der Waals surface area contributed by atoms with Crippen LogP contribution < -0.4 is 0 Å². The highest BCUT2D eigenvalue weighted by Crippen LogP contribution is 2.36. The van der Waals surface area contributed by atoms with Crippen LogP contribution in [0.2, 0.25) is 0 Å². The number of aliphatic hydroxyl groups excluding tert-OH is 1. The SMILES string of the molecule is C[C@H](C(=O)N1C(=O)OC[C@@H]1Cc1ccccc1)[C@@H]1O[C@](O)(CCCOCCOCCO)C(Br)=CC1=O. The fourth-order valence-corrected chi connectivity index (χ4v) is 4.60. The van der Waals surface area contributed by atoms with Crippen molar-refractivity contribution in [1.29, 1.82) is 0 Å². The third-order valence-electron chi connectivity index (χ3n) is 6.01. The topological polar surface area (TPSA) is 132 Å². The lowest BCUT2D eigenvalue weighted by molar-refractivity contribution is -0.217. The third-order valence-corrected chi connectivity index (χ3v) is 6.86. The van der Waals surface area contributed by atoms with Gasteiger partial charge in [-0.3, -0.25) is 9.59 Å². The lowest BCUT2D eigenvalue weighted by Crippen LogP contribution is -2.52. The Morgan fingerprint density at radius 3 is 2.58 bits per heavy atom. The molecule has 0 bridgehead atoms. The summed E-state index contributed by atoms with van der Waals surface area (Å²) in [7, 11) is 0. The van der Waals surface area contributed by atoms with Gasteiger partial charge in [-0.25, -0.2) is 9.69 Å². The zero-order valence-corrected chi connectivity index (χ0v) is 21.7. The first-order valence-corrected chi connectivity index (χ1v) is 12.7. The van der Waals surface area contributed by atoms with Crippen LogP contribution in [0, 0.1) is 5.92 Å². The van der Waals surface area contributed by atoms with Gasteiger partial charge in [0.1, 0.15) is 12.7 Å². The van der Waals surface area contributed by atoms with E-state index in [1.54, 1.807) is 0 Å². The van der Waals surface area contributed by atoms with Crippen LogP contribution in [0.15, 0.2) is 40.9 Å². The molecule has 3 rings (SSSR count). The summed E-state index contributed by atoms with van der Waals surface area (Å²) in [5.41, 5.74) is 0.944. The van der Waals surface area contributed by atoms with Crippen molar-refractivity contribution < 1.29 is 43.5 Å². The van der Waals surface area contributed by atoms with Gasteiger partial charge in [-0.2, -0.15) is 0 Å². The molecule has 1 saturated heterocycles. The molecule has 198 valence electrons. The quantitative estimate of drug-likeness (QED) is 0.342. The van der Waals surface area contributed by atoms with E-state index in [1.165, 1.54) is 13.0 Å². The Balaban J connectivity index is 1.60. The normalized spacial score (nSPS) is 25.0. The van der Waals surface area contributed by atoms with Crippen LogP contribution in [0.25, 0.3) is 0 Å². The maximum Gasteiger partial charge on any atom is 0.416 e. The number of ether oxygens (including phenoxy) is 4. The van der Waals surface area contributed by atoms with Gasteiger partial charge >= 0.3 is 6.09 Å². The van der Waals surface area contributed by atoms with Gasteiger partial charge < -0.3 is 29.2 Å². The molecule has 0 aliphatic carbocycles. The largest absolute Gasteiger partial charge is 0.447 e. The van der Waals surface area contributed by atoms with E-state index >= 15 is 0 Å². The second-order valence-corrected chi connectivity index (χ2v) is 9.54. The van der Waals surface area contributed by atoms with Crippen LogP contribution >= 0.6 is 15.9 Å². The van der Waals surface area contributed by atoms with Crippen LogP contribution in [0.4, 0.5) is 4.79 Å². The number of carbonyl (C=O) groups is 3. The van der Waals surface area contributed by atoms with E-state index < -0.39 is 41.6 Å². The van der Waals surface area contributed by atoms with Crippen molar-refractivity contribution in [2.45, 2.75) is 44.1 Å². The van der Waals surface area contributed by atoms with Crippen molar-refractivity contribution in [3.05, 3.63) is 46.5 Å². The maximum atomic E-state index is 13.3. The van der Waals surface area contributed by atoms with Crippen molar-refractivity contribution in [2.75, 3.05) is 39.6 Å². The first-order chi connectivity index (χ1) is 17.3. The predicted octanol–water partition coefficient (Wildman–Crippen LogP) is 1.95. The van der Waals surface area contributed by atoms with Crippen LogP contribution in [0.1, 0.15) is 25.3 Å². The van der Waals surface area contributed by atoms with Gasteiger partial charge in [0.05, 0.1) is 42.9 Å². The Morgan fingerprint density at radius 1 is 1.19 bits per heavy atom. The molecule has 1 aromatic carbocycles. The van der Waals surface area contributed by atoms with Crippen molar-refractivity contribution in [1.82, 2.24) is 4.90 Å². The molecule has 0 saturated carbocycles. The molecule has 2 N–H and O–H groups in total. The number of amides is 2. The molecular formula is C25H32BrNO9. The highest BCUT2D eigenvalue weighted by molar-refractivity contribution is 9.11. The van der Waals surface area contributed by atoms with Crippen molar-refractivity contribution in [3.8, 4) is 0 Å². The molecular weight excluding hydrogens is 538 g/mol. The van der Waals surface area contributed by atoms with E-state index in [1.807, 2.05) is 30.3 Å². The molecule has 2 heterocycles. The van der Waals surface area contributed by atoms with Gasteiger partial charge in [0.25, 0.3) is 0 Å². The number of ketones is 1. The summed E-state index contributed by atoms with van der Waals surface area (Å²) in [4.78, 5) is 39.5. The maximum absolute atomic E-state index is 13.3. The smallest absolute Gasteiger partial charge is 0.416 e. The lowest BCUT2D eigenvalue weighted by atomic mass is 9.93. The van der Waals surface area contributed by atoms with E-state index in [0.29, 0.717) is 32.7 Å². The predicted molar refractivity (Wildman–Crippen MR) is 131 cm³/mol. The molecule has 4 atom stereocenters. The average molecular weight is 570 g/mol. The van der Waals surface area contributed by atoms with E-state index in [2.05, 4.69) is 15.9 Å². The number of hydrogen-bond donors (Lipinski definition) is 2. The van der Waals surface area contributed by atoms with Gasteiger partial charge in [0.2, 0.25) is 5.91 Å². The second-order valence-electron chi connectivity index (χ2n) is 8.69. The highest BCUT2D eigenvalue weighted by Gasteiger charge is 2.48. The average Bonchev–Trinajstić information content (AvgIpc) is 3.22. The molecule has 2 aliphatic rings. The highest BCUT2D eigenvalue weighted by atomic mass is 79.9. The summed E-state index contributed by atoms with van der Waals surface area (Å²) in [6, 6.07) is 8.92. The van der Waals surface area contributed by atoms with Crippen LogP contribution in [0.5, 0.6) is 0 Å². The monoisotopic (exact) mass is 569 g/mol. The molecule has 0 spiro atoms. The van der Waals surface area contributed by atoms with E-state index in [4.69, 9.17) is 24.1 Å². The zero-order valence-electron chi connectivity index (χ0n) is 20.1. The molecule has 1 aromatic rings.